The summed E-state index contributed by atoms with van der Waals surface area (Å²) in [7, 11) is 1.52. The summed E-state index contributed by atoms with van der Waals surface area (Å²) in [5.74, 6) is 0.620. The molecule has 0 aliphatic carbocycles. The molecule has 0 saturated carbocycles. The van der Waals surface area contributed by atoms with E-state index in [4.69, 9.17) is 10.5 Å². The third-order valence-electron chi connectivity index (χ3n) is 2.85. The number of hydrogen-bond donors (Lipinski definition) is 1. The van der Waals surface area contributed by atoms with E-state index >= 15 is 0 Å². The van der Waals surface area contributed by atoms with Crippen LogP contribution in [0.5, 0.6) is 5.75 Å². The van der Waals surface area contributed by atoms with Gasteiger partial charge in [-0.05, 0) is 35.9 Å². The van der Waals surface area contributed by atoms with Gasteiger partial charge in [0.25, 0.3) is 0 Å². The van der Waals surface area contributed by atoms with Gasteiger partial charge in [-0.1, -0.05) is 6.07 Å². The smallest absolute Gasteiger partial charge is 0.433 e. The minimum atomic E-state index is -4.48. The number of pyridine rings is 1. The third-order valence-corrected chi connectivity index (χ3v) is 2.85. The Labute approximate surface area is 114 Å². The molecule has 0 aliphatic rings. The third kappa shape index (κ3) is 2.91. The first-order chi connectivity index (χ1) is 9.45. The summed E-state index contributed by atoms with van der Waals surface area (Å²) >= 11 is 0. The first kappa shape index (κ1) is 14.3. The highest BCUT2D eigenvalue weighted by Gasteiger charge is 2.33. The van der Waals surface area contributed by atoms with Crippen LogP contribution in [0.25, 0.3) is 11.3 Å². The van der Waals surface area contributed by atoms with E-state index in [0.29, 0.717) is 16.9 Å². The van der Waals surface area contributed by atoms with Crippen LogP contribution < -0.4 is 10.5 Å². The monoisotopic (exact) mass is 282 g/mol. The molecule has 1 aromatic heterocycles. The van der Waals surface area contributed by atoms with E-state index in [1.165, 1.54) is 13.2 Å². The van der Waals surface area contributed by atoms with Gasteiger partial charge in [0.1, 0.15) is 11.4 Å². The van der Waals surface area contributed by atoms with Crippen LogP contribution >= 0.6 is 0 Å². The molecule has 1 heterocycles. The average Bonchev–Trinajstić information content (AvgIpc) is 2.45. The predicted octanol–water partition coefficient (Wildman–Crippen LogP) is 3.23. The summed E-state index contributed by atoms with van der Waals surface area (Å²) in [6.45, 7) is 0.118. The number of nitrogens with zero attached hydrogens (tertiary/aromatic N) is 1. The lowest BCUT2D eigenvalue weighted by Gasteiger charge is -2.12. The number of hydrogen-bond acceptors (Lipinski definition) is 3. The van der Waals surface area contributed by atoms with Gasteiger partial charge in [-0.3, -0.25) is 0 Å². The molecule has 2 rings (SSSR count). The molecule has 6 heteroatoms. The summed E-state index contributed by atoms with van der Waals surface area (Å²) in [5.41, 5.74) is 5.99. The molecule has 0 aliphatic heterocycles. The van der Waals surface area contributed by atoms with Crippen LogP contribution in [0.2, 0.25) is 0 Å². The summed E-state index contributed by atoms with van der Waals surface area (Å²) in [4.78, 5) is 3.69. The normalized spacial score (nSPS) is 11.4. The van der Waals surface area contributed by atoms with E-state index in [-0.39, 0.29) is 12.2 Å². The van der Waals surface area contributed by atoms with Gasteiger partial charge >= 0.3 is 6.18 Å². The van der Waals surface area contributed by atoms with Gasteiger partial charge in [0.05, 0.1) is 12.8 Å². The van der Waals surface area contributed by atoms with Gasteiger partial charge in [-0.25, -0.2) is 4.98 Å². The molecule has 0 atom stereocenters. The zero-order valence-electron chi connectivity index (χ0n) is 10.7. The number of methoxy groups -OCH3 is 1. The molecule has 0 unspecified atom stereocenters. The molecule has 20 heavy (non-hydrogen) atoms. The van der Waals surface area contributed by atoms with E-state index in [9.17, 15) is 13.2 Å². The SMILES string of the molecule is COc1ccc(-c2nc(C(F)(F)F)ccc2CN)cc1. The van der Waals surface area contributed by atoms with Crippen LogP contribution in [0.3, 0.4) is 0 Å². The van der Waals surface area contributed by atoms with E-state index in [1.807, 2.05) is 0 Å². The Morgan fingerprint density at radius 1 is 1.10 bits per heavy atom. The van der Waals surface area contributed by atoms with Crippen LogP contribution in [0.15, 0.2) is 36.4 Å². The highest BCUT2D eigenvalue weighted by atomic mass is 19.4. The second-order valence-corrected chi connectivity index (χ2v) is 4.13. The Hall–Kier alpha value is -2.08. The highest BCUT2D eigenvalue weighted by Crippen LogP contribution is 2.31. The van der Waals surface area contributed by atoms with Crippen molar-refractivity contribution in [1.82, 2.24) is 4.98 Å². The van der Waals surface area contributed by atoms with E-state index in [2.05, 4.69) is 4.98 Å². The van der Waals surface area contributed by atoms with Gasteiger partial charge in [-0.15, -0.1) is 0 Å². The molecule has 3 nitrogen and oxygen atoms in total. The van der Waals surface area contributed by atoms with Crippen LogP contribution in [0, 0.1) is 0 Å². The van der Waals surface area contributed by atoms with Crippen molar-refractivity contribution in [2.24, 2.45) is 5.73 Å². The Morgan fingerprint density at radius 3 is 2.25 bits per heavy atom. The number of aromatic nitrogens is 1. The molecular weight excluding hydrogens is 269 g/mol. The van der Waals surface area contributed by atoms with Crippen LogP contribution in [0.4, 0.5) is 13.2 Å². The van der Waals surface area contributed by atoms with E-state index in [1.54, 1.807) is 24.3 Å². The lowest BCUT2D eigenvalue weighted by molar-refractivity contribution is -0.141. The largest absolute Gasteiger partial charge is 0.497 e. The topological polar surface area (TPSA) is 48.1 Å². The summed E-state index contributed by atoms with van der Waals surface area (Å²) < 4.78 is 43.2. The lowest BCUT2D eigenvalue weighted by Crippen LogP contribution is -2.10. The van der Waals surface area contributed by atoms with Crippen molar-refractivity contribution >= 4 is 0 Å². The number of halogens is 3. The van der Waals surface area contributed by atoms with Crippen molar-refractivity contribution in [1.29, 1.82) is 0 Å². The Balaban J connectivity index is 2.52. The van der Waals surface area contributed by atoms with Crippen molar-refractivity contribution in [3.63, 3.8) is 0 Å². The number of benzene rings is 1. The molecule has 106 valence electrons. The first-order valence-electron chi connectivity index (χ1n) is 5.87. The minimum Gasteiger partial charge on any atom is -0.497 e. The van der Waals surface area contributed by atoms with Crippen molar-refractivity contribution < 1.29 is 17.9 Å². The minimum absolute atomic E-state index is 0.118. The molecule has 0 spiro atoms. The van der Waals surface area contributed by atoms with Gasteiger partial charge in [0.2, 0.25) is 0 Å². The second kappa shape index (κ2) is 5.50. The molecule has 0 radical (unpaired) electrons. The van der Waals surface area contributed by atoms with Crippen molar-refractivity contribution in [3.05, 3.63) is 47.7 Å². The number of alkyl halides is 3. The van der Waals surface area contributed by atoms with Gasteiger partial charge < -0.3 is 10.5 Å². The molecule has 0 saturated heterocycles. The van der Waals surface area contributed by atoms with Crippen molar-refractivity contribution in [2.45, 2.75) is 12.7 Å². The van der Waals surface area contributed by atoms with Gasteiger partial charge in [0, 0.05) is 12.1 Å². The van der Waals surface area contributed by atoms with Crippen molar-refractivity contribution in [2.75, 3.05) is 7.11 Å². The molecule has 0 fully saturated rings. The zero-order chi connectivity index (χ0) is 14.8. The number of nitrogens with two attached hydrogens (primary N) is 1. The number of rotatable bonds is 3. The summed E-state index contributed by atoms with van der Waals surface area (Å²) in [6, 6.07) is 8.93. The van der Waals surface area contributed by atoms with Gasteiger partial charge in [0.15, 0.2) is 0 Å². The molecule has 2 N–H and O–H groups in total. The van der Waals surface area contributed by atoms with Crippen LogP contribution in [-0.2, 0) is 12.7 Å². The van der Waals surface area contributed by atoms with E-state index in [0.717, 1.165) is 6.07 Å². The standard InChI is InChI=1S/C14H13F3N2O/c1-20-11-5-2-9(3-6-11)13-10(8-18)4-7-12(19-13)14(15,16)17/h2-7H,8,18H2,1H3. The predicted molar refractivity (Wildman–Crippen MR) is 69.1 cm³/mol. The maximum Gasteiger partial charge on any atom is 0.433 e. The Kier molecular flexibility index (Phi) is 3.94. The zero-order valence-corrected chi connectivity index (χ0v) is 10.7. The molecular formula is C14H13F3N2O. The molecule has 0 bridgehead atoms. The second-order valence-electron chi connectivity index (χ2n) is 4.13. The Morgan fingerprint density at radius 2 is 1.75 bits per heavy atom. The number of ether oxygens (including phenoxy) is 1. The van der Waals surface area contributed by atoms with E-state index < -0.39 is 11.9 Å². The lowest BCUT2D eigenvalue weighted by atomic mass is 10.0. The molecule has 2 aromatic rings. The van der Waals surface area contributed by atoms with Crippen LogP contribution in [-0.4, -0.2) is 12.1 Å². The van der Waals surface area contributed by atoms with Crippen molar-refractivity contribution in [3.8, 4) is 17.0 Å². The van der Waals surface area contributed by atoms with Crippen LogP contribution in [0.1, 0.15) is 11.3 Å². The molecule has 0 amide bonds. The van der Waals surface area contributed by atoms with Gasteiger partial charge in [-0.2, -0.15) is 13.2 Å². The fourth-order valence-corrected chi connectivity index (χ4v) is 1.81. The Bertz CT molecular complexity index is 594. The maximum absolute atomic E-state index is 12.7. The highest BCUT2D eigenvalue weighted by molar-refractivity contribution is 5.64. The summed E-state index contributed by atoms with van der Waals surface area (Å²) in [5, 5.41) is 0. The summed E-state index contributed by atoms with van der Waals surface area (Å²) in [6.07, 6.45) is -4.48. The quantitative estimate of drug-likeness (QED) is 0.940. The first-order valence-corrected chi connectivity index (χ1v) is 5.87. The molecule has 1 aromatic carbocycles. The average molecular weight is 282 g/mol. The fourth-order valence-electron chi connectivity index (χ4n) is 1.81. The fraction of sp³-hybridized carbons (Fsp3) is 0.214. The maximum atomic E-state index is 12.7.